The molecule has 0 unspecified atom stereocenters. The number of carbonyl (C=O) groups excluding carboxylic acids is 2. The molecule has 1 atom stereocenters. The van der Waals surface area contributed by atoms with Crippen LogP contribution in [0.15, 0.2) is 83.8 Å². The van der Waals surface area contributed by atoms with Crippen LogP contribution in [-0.2, 0) is 26.2 Å². The van der Waals surface area contributed by atoms with Gasteiger partial charge in [0.2, 0.25) is 11.8 Å². The minimum Gasteiger partial charge on any atom is -0.497 e. The lowest BCUT2D eigenvalue weighted by atomic mass is 10.1. The van der Waals surface area contributed by atoms with Gasteiger partial charge < -0.3 is 15.0 Å². The van der Waals surface area contributed by atoms with E-state index in [1.54, 1.807) is 42.5 Å². The first kappa shape index (κ1) is 30.7. The van der Waals surface area contributed by atoms with Gasteiger partial charge in [-0.25, -0.2) is 8.42 Å². The zero-order valence-electron chi connectivity index (χ0n) is 24.0. The third kappa shape index (κ3) is 7.85. The lowest BCUT2D eigenvalue weighted by molar-refractivity contribution is -0.141. The summed E-state index contributed by atoms with van der Waals surface area (Å²) in [6, 6.07) is 21.4. The Kier molecular flexibility index (Phi) is 9.98. The quantitative estimate of drug-likeness (QED) is 0.356. The molecule has 0 aliphatic carbocycles. The SMILES string of the molecule is CC[C@@H](C(=O)NC(C)(C)C)N(Cc1ccc(C)cc1)C(=O)CN(c1cccc(OC)c1)S(=O)(=O)c1ccccc1. The normalized spacial score (nSPS) is 12.3. The third-order valence-corrected chi connectivity index (χ3v) is 8.10. The van der Waals surface area contributed by atoms with Crippen LogP contribution in [0, 0.1) is 6.92 Å². The lowest BCUT2D eigenvalue weighted by Crippen LogP contribution is -2.55. The van der Waals surface area contributed by atoms with Crippen LogP contribution in [0.2, 0.25) is 0 Å². The number of methoxy groups -OCH3 is 1. The van der Waals surface area contributed by atoms with Crippen molar-refractivity contribution in [3.05, 3.63) is 90.0 Å². The number of benzene rings is 3. The molecule has 0 saturated heterocycles. The number of hydrogen-bond donors (Lipinski definition) is 1. The van der Waals surface area contributed by atoms with Gasteiger partial charge in [-0.1, -0.05) is 61.0 Å². The Morgan fingerprint density at radius 1 is 0.950 bits per heavy atom. The fourth-order valence-electron chi connectivity index (χ4n) is 4.28. The lowest BCUT2D eigenvalue weighted by Gasteiger charge is -2.34. The first-order chi connectivity index (χ1) is 18.9. The van der Waals surface area contributed by atoms with Gasteiger partial charge in [0, 0.05) is 18.2 Å². The summed E-state index contributed by atoms with van der Waals surface area (Å²) >= 11 is 0. The molecule has 3 rings (SSSR count). The molecule has 214 valence electrons. The maximum absolute atomic E-state index is 14.1. The summed E-state index contributed by atoms with van der Waals surface area (Å²) in [7, 11) is -2.65. The summed E-state index contributed by atoms with van der Waals surface area (Å²) in [5.41, 5.74) is 1.67. The summed E-state index contributed by atoms with van der Waals surface area (Å²) in [4.78, 5) is 29.0. The van der Waals surface area contributed by atoms with Crippen LogP contribution < -0.4 is 14.4 Å². The maximum atomic E-state index is 14.1. The van der Waals surface area contributed by atoms with Crippen LogP contribution in [0.5, 0.6) is 5.75 Å². The predicted octanol–water partition coefficient (Wildman–Crippen LogP) is 4.92. The van der Waals surface area contributed by atoms with Crippen molar-refractivity contribution in [1.82, 2.24) is 10.2 Å². The largest absolute Gasteiger partial charge is 0.497 e. The number of rotatable bonds is 11. The van der Waals surface area contributed by atoms with Gasteiger partial charge in [0.15, 0.2) is 0 Å². The van der Waals surface area contributed by atoms with Crippen LogP contribution >= 0.6 is 0 Å². The zero-order chi connectivity index (χ0) is 29.5. The average Bonchev–Trinajstić information content (AvgIpc) is 2.92. The number of nitrogens with one attached hydrogen (secondary N) is 1. The molecule has 3 aromatic rings. The highest BCUT2D eigenvalue weighted by Gasteiger charge is 2.34. The molecule has 3 aromatic carbocycles. The van der Waals surface area contributed by atoms with Gasteiger partial charge in [-0.05, 0) is 63.9 Å². The highest BCUT2D eigenvalue weighted by Crippen LogP contribution is 2.28. The number of hydrogen-bond acceptors (Lipinski definition) is 5. The number of amides is 2. The highest BCUT2D eigenvalue weighted by atomic mass is 32.2. The second kappa shape index (κ2) is 13.0. The Hall–Kier alpha value is -3.85. The van der Waals surface area contributed by atoms with E-state index < -0.39 is 34.1 Å². The van der Waals surface area contributed by atoms with Gasteiger partial charge in [-0.2, -0.15) is 0 Å². The molecule has 0 aromatic heterocycles. The van der Waals surface area contributed by atoms with Crippen molar-refractivity contribution in [3.8, 4) is 5.75 Å². The summed E-state index contributed by atoms with van der Waals surface area (Å²) in [6.45, 7) is 9.08. The van der Waals surface area contributed by atoms with Crippen LogP contribution in [0.1, 0.15) is 45.2 Å². The van der Waals surface area contributed by atoms with Crippen LogP contribution in [0.4, 0.5) is 5.69 Å². The molecule has 1 N–H and O–H groups in total. The molecule has 0 aliphatic heterocycles. The molecule has 0 bridgehead atoms. The minimum atomic E-state index is -4.14. The predicted molar refractivity (Wildman–Crippen MR) is 158 cm³/mol. The maximum Gasteiger partial charge on any atom is 0.264 e. The Bertz CT molecular complexity index is 1400. The number of aryl methyl sites for hydroxylation is 1. The van der Waals surface area contributed by atoms with Crippen molar-refractivity contribution in [3.63, 3.8) is 0 Å². The van der Waals surface area contributed by atoms with Gasteiger partial charge in [-0.15, -0.1) is 0 Å². The van der Waals surface area contributed by atoms with Crippen LogP contribution in [0.25, 0.3) is 0 Å². The van der Waals surface area contributed by atoms with E-state index in [1.165, 1.54) is 24.1 Å². The molecular weight excluding hydrogens is 526 g/mol. The monoisotopic (exact) mass is 565 g/mol. The van der Waals surface area contributed by atoms with Gasteiger partial charge in [-0.3, -0.25) is 13.9 Å². The molecular formula is C31H39N3O5S. The number of sulfonamides is 1. The number of nitrogens with zero attached hydrogens (tertiary/aromatic N) is 2. The highest BCUT2D eigenvalue weighted by molar-refractivity contribution is 7.92. The molecule has 0 aliphatic rings. The second-order valence-electron chi connectivity index (χ2n) is 10.7. The van der Waals surface area contributed by atoms with Gasteiger partial charge in [0.05, 0.1) is 17.7 Å². The van der Waals surface area contributed by atoms with Gasteiger partial charge in [0.1, 0.15) is 18.3 Å². The summed E-state index contributed by atoms with van der Waals surface area (Å²) in [6.07, 6.45) is 0.351. The molecule has 0 heterocycles. The molecule has 0 radical (unpaired) electrons. The van der Waals surface area contributed by atoms with E-state index in [0.29, 0.717) is 12.2 Å². The molecule has 40 heavy (non-hydrogen) atoms. The molecule has 2 amide bonds. The fourth-order valence-corrected chi connectivity index (χ4v) is 5.70. The molecule has 8 nitrogen and oxygen atoms in total. The van der Waals surface area contributed by atoms with E-state index in [2.05, 4.69) is 5.32 Å². The van der Waals surface area contributed by atoms with Crippen LogP contribution in [-0.4, -0.2) is 50.4 Å². The minimum absolute atomic E-state index is 0.0493. The van der Waals surface area contributed by atoms with Crippen molar-refractivity contribution < 1.29 is 22.7 Å². The third-order valence-electron chi connectivity index (χ3n) is 6.31. The Morgan fingerprint density at radius 3 is 2.17 bits per heavy atom. The summed E-state index contributed by atoms with van der Waals surface area (Å²) in [5, 5.41) is 2.98. The van der Waals surface area contributed by atoms with Crippen LogP contribution in [0.3, 0.4) is 0 Å². The Labute approximate surface area is 238 Å². The van der Waals surface area contributed by atoms with Crippen molar-refractivity contribution in [1.29, 1.82) is 0 Å². The van der Waals surface area contributed by atoms with Crippen molar-refractivity contribution in [2.45, 2.75) is 64.1 Å². The van der Waals surface area contributed by atoms with E-state index in [0.717, 1.165) is 15.4 Å². The van der Waals surface area contributed by atoms with E-state index in [1.807, 2.05) is 58.9 Å². The Balaban J connectivity index is 2.07. The first-order valence-corrected chi connectivity index (χ1v) is 14.7. The number of carbonyl (C=O) groups is 2. The number of anilines is 1. The van der Waals surface area contributed by atoms with E-state index in [4.69, 9.17) is 4.74 Å². The smallest absolute Gasteiger partial charge is 0.264 e. The van der Waals surface area contributed by atoms with Gasteiger partial charge >= 0.3 is 0 Å². The van der Waals surface area contributed by atoms with Crippen molar-refractivity contribution in [2.24, 2.45) is 0 Å². The summed E-state index contributed by atoms with van der Waals surface area (Å²) in [5.74, 6) is -0.348. The van der Waals surface area contributed by atoms with E-state index in [-0.39, 0.29) is 23.0 Å². The van der Waals surface area contributed by atoms with E-state index >= 15 is 0 Å². The molecule has 0 spiro atoms. The first-order valence-electron chi connectivity index (χ1n) is 13.2. The van der Waals surface area contributed by atoms with Gasteiger partial charge in [0.25, 0.3) is 10.0 Å². The number of ether oxygens (including phenoxy) is 1. The second-order valence-corrected chi connectivity index (χ2v) is 12.6. The Morgan fingerprint density at radius 2 is 1.60 bits per heavy atom. The molecule has 9 heteroatoms. The topological polar surface area (TPSA) is 96.0 Å². The zero-order valence-corrected chi connectivity index (χ0v) is 24.9. The fraction of sp³-hybridized carbons (Fsp3) is 0.355. The molecule has 0 saturated carbocycles. The summed E-state index contributed by atoms with van der Waals surface area (Å²) < 4.78 is 34.2. The van der Waals surface area contributed by atoms with Crippen molar-refractivity contribution in [2.75, 3.05) is 18.0 Å². The average molecular weight is 566 g/mol. The molecule has 0 fully saturated rings. The standard InChI is InChI=1S/C31H39N3O5S/c1-7-28(30(36)32-31(3,4)5)33(21-24-18-16-23(2)17-19-24)29(35)22-34(25-12-11-13-26(20-25)39-6)40(37,38)27-14-9-8-10-15-27/h8-20,28H,7,21-22H2,1-6H3,(H,32,36)/t28-/m0/s1. The van der Waals surface area contributed by atoms with E-state index in [9.17, 15) is 18.0 Å². The van der Waals surface area contributed by atoms with Crippen molar-refractivity contribution >= 4 is 27.5 Å².